The maximum absolute atomic E-state index is 12.3. The Balaban J connectivity index is 1.53. The van der Waals surface area contributed by atoms with E-state index in [1.807, 2.05) is 24.3 Å². The molecule has 0 radical (unpaired) electrons. The van der Waals surface area contributed by atoms with Crippen LogP contribution in [-0.4, -0.2) is 26.9 Å². The fourth-order valence-corrected chi connectivity index (χ4v) is 2.85. The van der Waals surface area contributed by atoms with E-state index < -0.39 is 0 Å². The summed E-state index contributed by atoms with van der Waals surface area (Å²) in [5.74, 6) is 0.895. The minimum atomic E-state index is -0.356. The molecule has 2 aromatic heterocycles. The number of nitrogens with zero attached hydrogens (tertiary/aromatic N) is 3. The molecule has 0 aliphatic carbocycles. The largest absolute Gasteiger partial charge is 0.497 e. The quantitative estimate of drug-likeness (QED) is 0.603. The van der Waals surface area contributed by atoms with E-state index in [9.17, 15) is 4.79 Å². The van der Waals surface area contributed by atoms with E-state index >= 15 is 0 Å². The number of amides is 1. The standard InChI is InChI=1S/C17H12N4O3S/c1-23-12-5-2-10(3-6-12)16-9-15(19-24-16)17(22)18-11-4-7-13-14(8-11)21-25-20-13/h2-9H,1H3,(H,18,22). The number of ether oxygens (including phenoxy) is 1. The highest BCUT2D eigenvalue weighted by Crippen LogP contribution is 2.24. The second-order valence-electron chi connectivity index (χ2n) is 5.23. The molecule has 124 valence electrons. The van der Waals surface area contributed by atoms with E-state index in [1.54, 1.807) is 31.4 Å². The summed E-state index contributed by atoms with van der Waals surface area (Å²) in [5.41, 5.74) is 3.16. The Morgan fingerprint density at radius 1 is 1.08 bits per heavy atom. The average Bonchev–Trinajstić information content (AvgIpc) is 3.31. The van der Waals surface area contributed by atoms with Crippen molar-refractivity contribution < 1.29 is 14.1 Å². The smallest absolute Gasteiger partial charge is 0.277 e. The van der Waals surface area contributed by atoms with Gasteiger partial charge in [0.1, 0.15) is 16.8 Å². The number of fused-ring (bicyclic) bond motifs is 1. The number of hydrogen-bond acceptors (Lipinski definition) is 7. The number of benzene rings is 2. The van der Waals surface area contributed by atoms with Crippen molar-refractivity contribution in [3.63, 3.8) is 0 Å². The lowest BCUT2D eigenvalue weighted by atomic mass is 10.1. The van der Waals surface area contributed by atoms with Crippen LogP contribution in [0.3, 0.4) is 0 Å². The fourth-order valence-electron chi connectivity index (χ4n) is 2.33. The van der Waals surface area contributed by atoms with E-state index in [-0.39, 0.29) is 11.6 Å². The first-order valence-electron chi connectivity index (χ1n) is 7.38. The Kier molecular flexibility index (Phi) is 3.87. The normalized spacial score (nSPS) is 10.8. The van der Waals surface area contributed by atoms with Crippen molar-refractivity contribution in [2.24, 2.45) is 0 Å². The summed E-state index contributed by atoms with van der Waals surface area (Å²) in [6, 6.07) is 14.2. The molecule has 8 heteroatoms. The lowest BCUT2D eigenvalue weighted by molar-refractivity contribution is 0.101. The third kappa shape index (κ3) is 3.07. The summed E-state index contributed by atoms with van der Waals surface area (Å²) in [6.07, 6.45) is 0. The molecule has 0 atom stereocenters. The van der Waals surface area contributed by atoms with Gasteiger partial charge >= 0.3 is 0 Å². The molecule has 7 nitrogen and oxygen atoms in total. The second-order valence-corrected chi connectivity index (χ2v) is 5.76. The zero-order valence-electron chi connectivity index (χ0n) is 13.1. The van der Waals surface area contributed by atoms with Crippen molar-refractivity contribution in [1.29, 1.82) is 0 Å². The first-order valence-corrected chi connectivity index (χ1v) is 8.11. The van der Waals surface area contributed by atoms with Crippen LogP contribution < -0.4 is 10.1 Å². The minimum absolute atomic E-state index is 0.197. The molecule has 0 aliphatic heterocycles. The molecule has 25 heavy (non-hydrogen) atoms. The van der Waals surface area contributed by atoms with Gasteiger partial charge in [0.2, 0.25) is 0 Å². The molecule has 0 unspecified atom stereocenters. The van der Waals surface area contributed by atoms with Gasteiger partial charge in [0.15, 0.2) is 11.5 Å². The molecule has 1 N–H and O–H groups in total. The second kappa shape index (κ2) is 6.33. The maximum atomic E-state index is 12.3. The van der Waals surface area contributed by atoms with Crippen LogP contribution in [0.25, 0.3) is 22.4 Å². The van der Waals surface area contributed by atoms with Gasteiger partial charge < -0.3 is 14.6 Å². The highest BCUT2D eigenvalue weighted by Gasteiger charge is 2.14. The van der Waals surface area contributed by atoms with Crippen LogP contribution in [0.4, 0.5) is 5.69 Å². The number of carbonyl (C=O) groups excluding carboxylic acids is 1. The number of anilines is 1. The zero-order valence-corrected chi connectivity index (χ0v) is 13.9. The van der Waals surface area contributed by atoms with Crippen molar-refractivity contribution >= 4 is 34.4 Å². The number of carbonyl (C=O) groups is 1. The Morgan fingerprint density at radius 3 is 2.68 bits per heavy atom. The highest BCUT2D eigenvalue weighted by atomic mass is 32.1. The molecule has 1 amide bonds. The van der Waals surface area contributed by atoms with Gasteiger partial charge in [-0.05, 0) is 42.5 Å². The fraction of sp³-hybridized carbons (Fsp3) is 0.0588. The number of rotatable bonds is 4. The van der Waals surface area contributed by atoms with Gasteiger partial charge in [0.05, 0.1) is 18.8 Å². The number of aromatic nitrogens is 3. The number of methoxy groups -OCH3 is 1. The molecular formula is C17H12N4O3S. The molecule has 0 spiro atoms. The summed E-state index contributed by atoms with van der Waals surface area (Å²) >= 11 is 1.13. The van der Waals surface area contributed by atoms with Gasteiger partial charge in [-0.1, -0.05) is 5.16 Å². The maximum Gasteiger partial charge on any atom is 0.277 e. The molecule has 0 saturated carbocycles. The van der Waals surface area contributed by atoms with Crippen LogP contribution in [0.1, 0.15) is 10.5 Å². The predicted octanol–water partition coefficient (Wildman–Crippen LogP) is 3.61. The summed E-state index contributed by atoms with van der Waals surface area (Å²) < 4.78 is 18.7. The van der Waals surface area contributed by atoms with Crippen LogP contribution in [0, 0.1) is 0 Å². The first kappa shape index (κ1) is 15.3. The Hall–Kier alpha value is -3.26. The molecule has 0 bridgehead atoms. The van der Waals surface area contributed by atoms with Crippen molar-refractivity contribution in [3.05, 3.63) is 54.2 Å². The first-order chi connectivity index (χ1) is 12.2. The zero-order chi connectivity index (χ0) is 17.2. The molecule has 4 rings (SSSR count). The topological polar surface area (TPSA) is 90.1 Å². The average molecular weight is 352 g/mol. The van der Waals surface area contributed by atoms with E-state index in [0.29, 0.717) is 11.4 Å². The summed E-state index contributed by atoms with van der Waals surface area (Å²) in [4.78, 5) is 12.3. The molecule has 0 fully saturated rings. The van der Waals surface area contributed by atoms with E-state index in [4.69, 9.17) is 9.26 Å². The number of hydrogen-bond donors (Lipinski definition) is 1. The van der Waals surface area contributed by atoms with Gasteiger partial charge in [0.25, 0.3) is 5.91 Å². The monoisotopic (exact) mass is 352 g/mol. The van der Waals surface area contributed by atoms with Gasteiger partial charge in [-0.25, -0.2) is 0 Å². The van der Waals surface area contributed by atoms with E-state index in [2.05, 4.69) is 19.2 Å². The Morgan fingerprint density at radius 2 is 1.88 bits per heavy atom. The summed E-state index contributed by atoms with van der Waals surface area (Å²) in [6.45, 7) is 0. The van der Waals surface area contributed by atoms with Gasteiger partial charge in [-0.3, -0.25) is 4.79 Å². The SMILES string of the molecule is COc1ccc(-c2cc(C(=O)Nc3ccc4nsnc4c3)no2)cc1. The minimum Gasteiger partial charge on any atom is -0.497 e. The molecule has 0 saturated heterocycles. The molecule has 4 aromatic rings. The Labute approximate surface area is 146 Å². The Bertz CT molecular complexity index is 1040. The van der Waals surface area contributed by atoms with Crippen molar-refractivity contribution in [2.45, 2.75) is 0 Å². The molecular weight excluding hydrogens is 340 g/mol. The molecule has 2 aromatic carbocycles. The van der Waals surface area contributed by atoms with E-state index in [0.717, 1.165) is 34.1 Å². The van der Waals surface area contributed by atoms with Gasteiger partial charge in [0, 0.05) is 17.3 Å². The van der Waals surface area contributed by atoms with Crippen LogP contribution in [0.2, 0.25) is 0 Å². The summed E-state index contributed by atoms with van der Waals surface area (Å²) in [7, 11) is 1.60. The van der Waals surface area contributed by atoms with Crippen LogP contribution >= 0.6 is 11.7 Å². The molecule has 2 heterocycles. The lowest BCUT2D eigenvalue weighted by Gasteiger charge is -2.01. The molecule has 0 aliphatic rings. The van der Waals surface area contributed by atoms with E-state index in [1.165, 1.54) is 0 Å². The predicted molar refractivity (Wildman–Crippen MR) is 93.9 cm³/mol. The van der Waals surface area contributed by atoms with Crippen LogP contribution in [-0.2, 0) is 0 Å². The van der Waals surface area contributed by atoms with Crippen LogP contribution in [0.15, 0.2) is 53.1 Å². The third-order valence-electron chi connectivity index (χ3n) is 3.63. The third-order valence-corrected chi connectivity index (χ3v) is 4.19. The van der Waals surface area contributed by atoms with Crippen molar-refractivity contribution in [3.8, 4) is 17.1 Å². The van der Waals surface area contributed by atoms with Gasteiger partial charge in [-0.2, -0.15) is 8.75 Å². The summed E-state index contributed by atoms with van der Waals surface area (Å²) in [5, 5.41) is 6.62. The lowest BCUT2D eigenvalue weighted by Crippen LogP contribution is -2.12. The highest BCUT2D eigenvalue weighted by molar-refractivity contribution is 7.00. The van der Waals surface area contributed by atoms with Crippen molar-refractivity contribution in [1.82, 2.24) is 13.9 Å². The van der Waals surface area contributed by atoms with Crippen LogP contribution in [0.5, 0.6) is 5.75 Å². The number of nitrogens with one attached hydrogen (secondary N) is 1. The van der Waals surface area contributed by atoms with Gasteiger partial charge in [-0.15, -0.1) is 0 Å². The van der Waals surface area contributed by atoms with Crippen molar-refractivity contribution in [2.75, 3.05) is 12.4 Å².